The van der Waals surface area contributed by atoms with Gasteiger partial charge in [0.25, 0.3) is 0 Å². The number of hydrogen-bond donors (Lipinski definition) is 0. The molecule has 1 aromatic carbocycles. The molecule has 1 atom stereocenters. The molecule has 84 valence electrons. The average Bonchev–Trinajstić information content (AvgIpc) is 2.58. The summed E-state index contributed by atoms with van der Waals surface area (Å²) < 4.78 is 6.54. The molecule has 0 saturated heterocycles. The normalized spacial score (nSPS) is 12.8. The Bertz CT molecular complexity index is 487. The molecule has 0 N–H and O–H groups in total. The van der Waals surface area contributed by atoms with Crippen LogP contribution in [0.5, 0.6) is 0 Å². The van der Waals surface area contributed by atoms with E-state index >= 15 is 0 Å². The van der Waals surface area contributed by atoms with Crippen LogP contribution >= 0.6 is 27.5 Å². The fourth-order valence-electron chi connectivity index (χ4n) is 1.71. The number of aryl methyl sites for hydroxylation is 2. The van der Waals surface area contributed by atoms with E-state index in [1.54, 1.807) is 0 Å². The summed E-state index contributed by atoms with van der Waals surface area (Å²) in [6.07, 6.45) is 0. The summed E-state index contributed by atoms with van der Waals surface area (Å²) in [5.41, 5.74) is 2.12. The third-order valence-corrected chi connectivity index (χ3v) is 3.53. The van der Waals surface area contributed by atoms with Crippen molar-refractivity contribution in [2.45, 2.75) is 19.2 Å². The highest BCUT2D eigenvalue weighted by atomic mass is 79.9. The minimum absolute atomic E-state index is 0.148. The highest BCUT2D eigenvalue weighted by Crippen LogP contribution is 2.33. The molecule has 0 aliphatic heterocycles. The molecule has 0 bridgehead atoms. The Morgan fingerprint density at radius 2 is 1.81 bits per heavy atom. The lowest BCUT2D eigenvalue weighted by molar-refractivity contribution is 0.501. The minimum Gasteiger partial charge on any atom is -0.466 e. The van der Waals surface area contributed by atoms with E-state index in [1.165, 1.54) is 0 Å². The van der Waals surface area contributed by atoms with Gasteiger partial charge in [0.15, 0.2) is 0 Å². The SMILES string of the molecule is Cc1cc(C(Cl)c2ccc(Br)cc2)c(C)o1. The molecule has 0 aliphatic carbocycles. The zero-order chi connectivity index (χ0) is 11.7. The van der Waals surface area contributed by atoms with Crippen LogP contribution in [-0.2, 0) is 0 Å². The van der Waals surface area contributed by atoms with Gasteiger partial charge in [-0.15, -0.1) is 11.6 Å². The van der Waals surface area contributed by atoms with Crippen LogP contribution in [0.2, 0.25) is 0 Å². The van der Waals surface area contributed by atoms with E-state index in [0.717, 1.165) is 27.1 Å². The van der Waals surface area contributed by atoms with Gasteiger partial charge in [-0.25, -0.2) is 0 Å². The molecule has 0 amide bonds. The lowest BCUT2D eigenvalue weighted by atomic mass is 10.1. The molecule has 2 rings (SSSR count). The lowest BCUT2D eigenvalue weighted by Crippen LogP contribution is -1.92. The molecule has 0 aliphatic rings. The number of hydrogen-bond acceptors (Lipinski definition) is 1. The maximum absolute atomic E-state index is 6.43. The zero-order valence-corrected chi connectivity index (χ0v) is 11.5. The van der Waals surface area contributed by atoms with Gasteiger partial charge >= 0.3 is 0 Å². The Morgan fingerprint density at radius 1 is 1.19 bits per heavy atom. The van der Waals surface area contributed by atoms with Gasteiger partial charge in [0.1, 0.15) is 11.5 Å². The van der Waals surface area contributed by atoms with E-state index in [2.05, 4.69) is 15.9 Å². The molecule has 0 fully saturated rings. The van der Waals surface area contributed by atoms with Crippen molar-refractivity contribution in [3.05, 3.63) is 57.5 Å². The van der Waals surface area contributed by atoms with Crippen LogP contribution in [0.3, 0.4) is 0 Å². The van der Waals surface area contributed by atoms with Gasteiger partial charge in [0.2, 0.25) is 0 Å². The molecule has 16 heavy (non-hydrogen) atoms. The van der Waals surface area contributed by atoms with Crippen molar-refractivity contribution in [1.82, 2.24) is 0 Å². The van der Waals surface area contributed by atoms with Gasteiger partial charge in [-0.1, -0.05) is 28.1 Å². The number of rotatable bonds is 2. The second kappa shape index (κ2) is 4.64. The van der Waals surface area contributed by atoms with Crippen molar-refractivity contribution in [3.8, 4) is 0 Å². The van der Waals surface area contributed by atoms with Gasteiger partial charge in [-0.05, 0) is 37.6 Å². The van der Waals surface area contributed by atoms with Crippen LogP contribution < -0.4 is 0 Å². The summed E-state index contributed by atoms with van der Waals surface area (Å²) in [6, 6.07) is 10.0. The molecular weight excluding hydrogens is 287 g/mol. The topological polar surface area (TPSA) is 13.1 Å². The minimum atomic E-state index is -0.148. The standard InChI is InChI=1S/C13H12BrClO/c1-8-7-12(9(2)16-8)13(15)10-3-5-11(14)6-4-10/h3-7,13H,1-2H3. The first kappa shape index (κ1) is 11.7. The highest BCUT2D eigenvalue weighted by Gasteiger charge is 2.16. The van der Waals surface area contributed by atoms with E-state index < -0.39 is 0 Å². The Morgan fingerprint density at radius 3 is 2.31 bits per heavy atom. The average molecular weight is 300 g/mol. The zero-order valence-electron chi connectivity index (χ0n) is 9.13. The van der Waals surface area contributed by atoms with Crippen molar-refractivity contribution in [3.63, 3.8) is 0 Å². The summed E-state index contributed by atoms with van der Waals surface area (Å²) >= 11 is 9.84. The molecule has 0 radical (unpaired) electrons. The van der Waals surface area contributed by atoms with E-state index in [1.807, 2.05) is 44.2 Å². The molecule has 1 heterocycles. The first-order valence-corrected chi connectivity index (χ1v) is 6.27. The quantitative estimate of drug-likeness (QED) is 0.712. The molecule has 1 aromatic heterocycles. The van der Waals surface area contributed by atoms with Crippen molar-refractivity contribution >= 4 is 27.5 Å². The number of alkyl halides is 1. The Kier molecular flexibility index (Phi) is 3.41. The summed E-state index contributed by atoms with van der Waals surface area (Å²) in [5.74, 6) is 1.79. The van der Waals surface area contributed by atoms with Gasteiger partial charge in [-0.2, -0.15) is 0 Å². The van der Waals surface area contributed by atoms with Crippen molar-refractivity contribution in [2.24, 2.45) is 0 Å². The van der Waals surface area contributed by atoms with Crippen molar-refractivity contribution in [2.75, 3.05) is 0 Å². The first-order chi connectivity index (χ1) is 7.58. The molecule has 1 unspecified atom stereocenters. The van der Waals surface area contributed by atoms with E-state index in [4.69, 9.17) is 16.0 Å². The second-order valence-electron chi connectivity index (χ2n) is 3.78. The molecule has 0 saturated carbocycles. The van der Waals surface area contributed by atoms with Crippen LogP contribution in [0.25, 0.3) is 0 Å². The lowest BCUT2D eigenvalue weighted by Gasteiger charge is -2.08. The van der Waals surface area contributed by atoms with E-state index in [0.29, 0.717) is 0 Å². The van der Waals surface area contributed by atoms with E-state index in [9.17, 15) is 0 Å². The van der Waals surface area contributed by atoms with Gasteiger partial charge in [0, 0.05) is 10.0 Å². The third-order valence-electron chi connectivity index (χ3n) is 2.52. The van der Waals surface area contributed by atoms with Gasteiger partial charge < -0.3 is 4.42 Å². The molecule has 3 heteroatoms. The Hall–Kier alpha value is -0.730. The fraction of sp³-hybridized carbons (Fsp3) is 0.231. The smallest absolute Gasteiger partial charge is 0.106 e. The molecule has 2 aromatic rings. The van der Waals surface area contributed by atoms with Crippen molar-refractivity contribution in [1.29, 1.82) is 0 Å². The van der Waals surface area contributed by atoms with Gasteiger partial charge in [-0.3, -0.25) is 0 Å². The summed E-state index contributed by atoms with van der Waals surface area (Å²) in [4.78, 5) is 0. The number of benzene rings is 1. The predicted molar refractivity (Wildman–Crippen MR) is 70.0 cm³/mol. The molecule has 0 spiro atoms. The van der Waals surface area contributed by atoms with Crippen LogP contribution in [0.4, 0.5) is 0 Å². The molecular formula is C13H12BrClO. The second-order valence-corrected chi connectivity index (χ2v) is 5.13. The predicted octanol–water partition coefficient (Wildman–Crippen LogP) is 4.99. The summed E-state index contributed by atoms with van der Waals surface area (Å²) in [7, 11) is 0. The number of halogens is 2. The monoisotopic (exact) mass is 298 g/mol. The van der Waals surface area contributed by atoms with E-state index in [-0.39, 0.29) is 5.38 Å². The van der Waals surface area contributed by atoms with Crippen LogP contribution in [0.1, 0.15) is 28.0 Å². The highest BCUT2D eigenvalue weighted by molar-refractivity contribution is 9.10. The first-order valence-electron chi connectivity index (χ1n) is 5.04. The Balaban J connectivity index is 2.35. The summed E-state index contributed by atoms with van der Waals surface area (Å²) in [5, 5.41) is -0.148. The van der Waals surface area contributed by atoms with Crippen LogP contribution in [0.15, 0.2) is 39.2 Å². The Labute approximate surface area is 109 Å². The van der Waals surface area contributed by atoms with Gasteiger partial charge in [0.05, 0.1) is 5.38 Å². The fourth-order valence-corrected chi connectivity index (χ4v) is 2.34. The number of furan rings is 1. The molecule has 1 nitrogen and oxygen atoms in total. The third kappa shape index (κ3) is 2.33. The van der Waals surface area contributed by atoms with Crippen molar-refractivity contribution < 1.29 is 4.42 Å². The van der Waals surface area contributed by atoms with Crippen LogP contribution in [0, 0.1) is 13.8 Å². The largest absolute Gasteiger partial charge is 0.466 e. The maximum atomic E-state index is 6.43. The van der Waals surface area contributed by atoms with Crippen LogP contribution in [-0.4, -0.2) is 0 Å². The maximum Gasteiger partial charge on any atom is 0.106 e. The summed E-state index contributed by atoms with van der Waals surface area (Å²) in [6.45, 7) is 3.87.